The van der Waals surface area contributed by atoms with Crippen molar-refractivity contribution >= 4 is 34.8 Å². The van der Waals surface area contributed by atoms with Crippen molar-refractivity contribution in [1.82, 2.24) is 20.5 Å². The molecule has 2 aromatic rings. The number of benzene rings is 1. The molecule has 1 aliphatic heterocycles. The number of nitrogens with one attached hydrogen (secondary N) is 3. The molecule has 0 saturated carbocycles. The van der Waals surface area contributed by atoms with E-state index in [0.717, 1.165) is 4.57 Å². The number of pyridine rings is 1. The first kappa shape index (κ1) is 31.9. The van der Waals surface area contributed by atoms with Crippen molar-refractivity contribution in [2.45, 2.75) is 24.9 Å². The molecule has 0 saturated heterocycles. The van der Waals surface area contributed by atoms with Crippen LogP contribution in [-0.4, -0.2) is 41.5 Å². The molecule has 1 aliphatic carbocycles. The second-order valence-electron chi connectivity index (χ2n) is 9.58. The van der Waals surface area contributed by atoms with Gasteiger partial charge in [0.05, 0.1) is 25.2 Å². The van der Waals surface area contributed by atoms with Gasteiger partial charge in [-0.25, -0.2) is 0 Å². The van der Waals surface area contributed by atoms with Crippen LogP contribution in [0, 0.1) is 0 Å². The Hall–Kier alpha value is -5.04. The van der Waals surface area contributed by atoms with Crippen molar-refractivity contribution in [2.24, 2.45) is 16.0 Å². The summed E-state index contributed by atoms with van der Waals surface area (Å²) in [6.45, 7) is 0.485. The van der Waals surface area contributed by atoms with Gasteiger partial charge in [0.1, 0.15) is 16.9 Å². The summed E-state index contributed by atoms with van der Waals surface area (Å²) in [5.74, 6) is -0.804. The first-order valence-electron chi connectivity index (χ1n) is 13.3. The Kier molecular flexibility index (Phi) is 10.8. The van der Waals surface area contributed by atoms with E-state index >= 15 is 0 Å². The average Bonchev–Trinajstić information content (AvgIpc) is 3.43. The number of azide groups is 2. The van der Waals surface area contributed by atoms with Gasteiger partial charge in [-0.15, -0.1) is 0 Å². The lowest BCUT2D eigenvalue weighted by Gasteiger charge is -2.23. The number of aromatic nitrogens is 1. The summed E-state index contributed by atoms with van der Waals surface area (Å²) in [5, 5.41) is 27.5. The molecule has 0 radical (unpaired) electrons. The zero-order chi connectivity index (χ0) is 31.6. The normalized spacial score (nSPS) is 17.1. The largest absolute Gasteiger partial charge is 0.506 e. The predicted molar refractivity (Wildman–Crippen MR) is 168 cm³/mol. The molecular formula is C27H28Cl2N12O3. The van der Waals surface area contributed by atoms with Crippen molar-refractivity contribution in [2.75, 3.05) is 24.8 Å². The molecule has 1 amide bonds. The van der Waals surface area contributed by atoms with Gasteiger partial charge in [0, 0.05) is 62.7 Å². The van der Waals surface area contributed by atoms with Crippen LogP contribution in [0.1, 0.15) is 18.9 Å². The molecule has 2 atom stereocenters. The Morgan fingerprint density at radius 3 is 2.77 bits per heavy atom. The molecule has 2 aliphatic rings. The molecule has 2 unspecified atom stereocenters. The van der Waals surface area contributed by atoms with E-state index in [4.69, 9.17) is 40.0 Å². The fraction of sp³-hybridized carbons (Fsp3) is 0.259. The van der Waals surface area contributed by atoms with E-state index < -0.39 is 23.6 Å². The van der Waals surface area contributed by atoms with Crippen LogP contribution in [-0.2, 0) is 4.79 Å². The van der Waals surface area contributed by atoms with Crippen molar-refractivity contribution in [3.63, 3.8) is 0 Å². The highest BCUT2D eigenvalue weighted by Crippen LogP contribution is 2.38. The third-order valence-corrected chi connectivity index (χ3v) is 7.16. The highest BCUT2D eigenvalue weighted by molar-refractivity contribution is 6.31. The minimum absolute atomic E-state index is 0.0116. The molecular weight excluding hydrogens is 611 g/mol. The van der Waals surface area contributed by atoms with Gasteiger partial charge < -0.3 is 31.7 Å². The lowest BCUT2D eigenvalue weighted by molar-refractivity contribution is -0.123. The first-order chi connectivity index (χ1) is 21.2. The van der Waals surface area contributed by atoms with Gasteiger partial charge in [-0.1, -0.05) is 39.5 Å². The summed E-state index contributed by atoms with van der Waals surface area (Å²) < 4.78 is 1.14. The van der Waals surface area contributed by atoms with Gasteiger partial charge in [-0.2, -0.15) is 0 Å². The number of amides is 1. The zero-order valence-corrected chi connectivity index (χ0v) is 24.7. The standard InChI is InChI=1S/C27H28Cl2N12O3/c28-17-3-6-22(40-13-25(29)34-15-40)19(9-17)20-10-26(43)41(12-24(20)42)23(2-1-7-35-38-31)27(44)37-18-4-5-21(30)16(8-18)11-33-14-36-39-32/h3-6,8-13,21,23,33-34,42H,1-2,7,14-15,30H2,(H,37,44)/b16-11-. The fourth-order valence-corrected chi connectivity index (χ4v) is 4.98. The van der Waals surface area contributed by atoms with E-state index in [1.807, 2.05) is 0 Å². The SMILES string of the molecule is [N-]=[N+]=NCCCC(C(=O)NC1=C/C(=C/NCN=[N+]=[N-])C(N)C=C1)n1cc(O)c(-c2cc(Cl)ccc2N2C=C(Cl)NC2)cc1=O. The van der Waals surface area contributed by atoms with Crippen LogP contribution >= 0.6 is 23.2 Å². The Morgan fingerprint density at radius 1 is 1.25 bits per heavy atom. The summed E-state index contributed by atoms with van der Waals surface area (Å²) in [6, 6.07) is 4.75. The molecule has 15 nitrogen and oxygen atoms in total. The second-order valence-corrected chi connectivity index (χ2v) is 10.4. The fourth-order valence-electron chi connectivity index (χ4n) is 4.63. The Balaban J connectivity index is 1.67. The van der Waals surface area contributed by atoms with Gasteiger partial charge in [0.2, 0.25) is 5.91 Å². The topological polar surface area (TPSA) is 222 Å². The van der Waals surface area contributed by atoms with Crippen LogP contribution in [0.2, 0.25) is 5.02 Å². The molecule has 6 N–H and O–H groups in total. The minimum Gasteiger partial charge on any atom is -0.506 e. The monoisotopic (exact) mass is 638 g/mol. The number of aromatic hydroxyl groups is 1. The molecule has 4 rings (SSSR count). The Labute approximate surface area is 261 Å². The highest BCUT2D eigenvalue weighted by atomic mass is 35.5. The minimum atomic E-state index is -1.07. The van der Waals surface area contributed by atoms with Crippen LogP contribution < -0.4 is 32.1 Å². The molecule has 0 fully saturated rings. The number of carbonyl (C=O) groups is 1. The third-order valence-electron chi connectivity index (χ3n) is 6.69. The van der Waals surface area contributed by atoms with Crippen molar-refractivity contribution in [3.8, 4) is 16.9 Å². The van der Waals surface area contributed by atoms with E-state index in [0.29, 0.717) is 45.8 Å². The maximum Gasteiger partial charge on any atom is 0.252 e. The Bertz CT molecular complexity index is 1700. The molecule has 17 heteroatoms. The summed E-state index contributed by atoms with van der Waals surface area (Å²) in [4.78, 5) is 34.3. The van der Waals surface area contributed by atoms with E-state index in [1.165, 1.54) is 12.3 Å². The smallest absolute Gasteiger partial charge is 0.252 e. The predicted octanol–water partition coefficient (Wildman–Crippen LogP) is 4.55. The molecule has 0 bridgehead atoms. The van der Waals surface area contributed by atoms with Crippen molar-refractivity contribution in [3.05, 3.63) is 114 Å². The maximum absolute atomic E-state index is 13.6. The summed E-state index contributed by atoms with van der Waals surface area (Å²) in [5.41, 5.74) is 25.0. The molecule has 0 spiro atoms. The highest BCUT2D eigenvalue weighted by Gasteiger charge is 2.25. The summed E-state index contributed by atoms with van der Waals surface area (Å²) >= 11 is 12.4. The van der Waals surface area contributed by atoms with Gasteiger partial charge in [-0.3, -0.25) is 14.2 Å². The number of allylic oxidation sites excluding steroid dienone is 1. The number of anilines is 1. The number of nitrogens with two attached hydrogens (primary N) is 1. The van der Waals surface area contributed by atoms with Crippen molar-refractivity contribution in [1.29, 1.82) is 0 Å². The van der Waals surface area contributed by atoms with E-state index in [2.05, 4.69) is 36.0 Å². The van der Waals surface area contributed by atoms with Crippen LogP contribution in [0.3, 0.4) is 0 Å². The average molecular weight is 640 g/mol. The lowest BCUT2D eigenvalue weighted by Crippen LogP contribution is -2.37. The molecule has 2 heterocycles. The molecule has 1 aromatic heterocycles. The quantitative estimate of drug-likeness (QED) is 0.0732. The number of nitrogens with zero attached hydrogens (tertiary/aromatic N) is 8. The molecule has 44 heavy (non-hydrogen) atoms. The Morgan fingerprint density at radius 2 is 2.05 bits per heavy atom. The number of carbonyl (C=O) groups excluding carboxylic acids is 1. The first-order valence-corrected chi connectivity index (χ1v) is 14.0. The van der Waals surface area contributed by atoms with Crippen LogP contribution in [0.4, 0.5) is 5.69 Å². The third kappa shape index (κ3) is 7.86. The number of halogens is 2. The van der Waals surface area contributed by atoms with Crippen LogP contribution in [0.25, 0.3) is 32.0 Å². The van der Waals surface area contributed by atoms with Gasteiger partial charge in [0.15, 0.2) is 0 Å². The van der Waals surface area contributed by atoms with Gasteiger partial charge in [0.25, 0.3) is 5.56 Å². The number of hydrogen-bond donors (Lipinski definition) is 5. The number of rotatable bonds is 12. The van der Waals surface area contributed by atoms with Crippen LogP contribution in [0.5, 0.6) is 5.75 Å². The molecule has 1 aromatic carbocycles. The second kappa shape index (κ2) is 14.9. The van der Waals surface area contributed by atoms with E-state index in [1.54, 1.807) is 53.7 Å². The van der Waals surface area contributed by atoms with Gasteiger partial charge in [-0.05, 0) is 59.8 Å². The zero-order valence-electron chi connectivity index (χ0n) is 23.1. The lowest BCUT2D eigenvalue weighted by atomic mass is 10.0. The summed E-state index contributed by atoms with van der Waals surface area (Å²) in [7, 11) is 0. The summed E-state index contributed by atoms with van der Waals surface area (Å²) in [6.07, 6.45) is 9.80. The van der Waals surface area contributed by atoms with E-state index in [-0.39, 0.29) is 30.9 Å². The number of hydrogen-bond acceptors (Lipinski definition) is 9. The van der Waals surface area contributed by atoms with E-state index in [9.17, 15) is 14.7 Å². The van der Waals surface area contributed by atoms with Gasteiger partial charge >= 0.3 is 0 Å². The maximum atomic E-state index is 13.6. The van der Waals surface area contributed by atoms with Crippen molar-refractivity contribution < 1.29 is 9.90 Å². The van der Waals surface area contributed by atoms with Crippen LogP contribution in [0.15, 0.2) is 92.5 Å². The molecule has 228 valence electrons.